The second kappa shape index (κ2) is 5.92. The minimum absolute atomic E-state index is 0.301. The molecule has 0 fully saturated rings. The van der Waals surface area contributed by atoms with Crippen molar-refractivity contribution in [3.05, 3.63) is 66.5 Å². The maximum atomic E-state index is 14.1. The molecule has 0 aromatic heterocycles. The number of hydrogen-bond acceptors (Lipinski definition) is 3. The Balaban J connectivity index is 2.19. The number of halogens is 1. The molecule has 0 saturated heterocycles. The summed E-state index contributed by atoms with van der Waals surface area (Å²) in [5, 5.41) is 1.09. The van der Waals surface area contributed by atoms with Gasteiger partial charge in [0, 0.05) is 20.6 Å². The van der Waals surface area contributed by atoms with E-state index in [0.717, 1.165) is 15.2 Å². The van der Waals surface area contributed by atoms with Gasteiger partial charge in [0.25, 0.3) is 0 Å². The number of fused-ring (bicyclic) bond motifs is 1. The predicted molar refractivity (Wildman–Crippen MR) is 82.3 cm³/mol. The van der Waals surface area contributed by atoms with Crippen molar-refractivity contribution in [2.45, 2.75) is 9.79 Å². The molecule has 3 rings (SSSR count). The van der Waals surface area contributed by atoms with Crippen LogP contribution in [0.1, 0.15) is 0 Å². The lowest BCUT2D eigenvalue weighted by atomic mass is 10.1. The van der Waals surface area contributed by atoms with Gasteiger partial charge in [-0.25, -0.2) is 9.18 Å². The van der Waals surface area contributed by atoms with Gasteiger partial charge in [0.2, 0.25) is 6.08 Å². The number of nitrogens with zero attached hydrogens (tertiary/aromatic N) is 1. The first-order valence-corrected chi connectivity index (χ1v) is 7.13. The maximum Gasteiger partial charge on any atom is 0.240 e. The van der Waals surface area contributed by atoms with E-state index in [1.54, 1.807) is 23.9 Å². The quantitative estimate of drug-likeness (QED) is 0.497. The molecular weight excluding hydrogens is 285 g/mol. The van der Waals surface area contributed by atoms with E-state index in [9.17, 15) is 9.18 Å². The minimum atomic E-state index is -0.392. The molecule has 0 amide bonds. The Morgan fingerprint density at radius 1 is 0.952 bits per heavy atom. The summed E-state index contributed by atoms with van der Waals surface area (Å²) in [4.78, 5) is 16.1. The van der Waals surface area contributed by atoms with Crippen LogP contribution in [0.2, 0.25) is 0 Å². The van der Waals surface area contributed by atoms with Crippen molar-refractivity contribution in [2.24, 2.45) is 4.99 Å². The molecular formula is C17H10FNOS. The van der Waals surface area contributed by atoms with Gasteiger partial charge in [-0.15, -0.1) is 0 Å². The van der Waals surface area contributed by atoms with Crippen LogP contribution in [0.15, 0.2) is 75.4 Å². The van der Waals surface area contributed by atoms with E-state index in [4.69, 9.17) is 0 Å². The average Bonchev–Trinajstić information content (AvgIpc) is 2.51. The molecule has 0 heterocycles. The van der Waals surface area contributed by atoms with Crippen LogP contribution in [-0.4, -0.2) is 6.08 Å². The lowest BCUT2D eigenvalue weighted by molar-refractivity contribution is 0.565. The molecule has 3 aromatic rings. The van der Waals surface area contributed by atoms with Crippen LogP contribution < -0.4 is 0 Å². The van der Waals surface area contributed by atoms with E-state index in [2.05, 4.69) is 4.99 Å². The summed E-state index contributed by atoms with van der Waals surface area (Å²) in [6, 6.07) is 18.2. The van der Waals surface area contributed by atoms with Gasteiger partial charge in [0.1, 0.15) is 5.82 Å². The monoisotopic (exact) mass is 295 g/mol. The summed E-state index contributed by atoms with van der Waals surface area (Å²) in [6.07, 6.45) is 1.47. The second-order valence-corrected chi connectivity index (χ2v) is 5.48. The fraction of sp³-hybridized carbons (Fsp3) is 0. The van der Waals surface area contributed by atoms with Crippen molar-refractivity contribution in [3.8, 4) is 0 Å². The molecule has 0 saturated carbocycles. The van der Waals surface area contributed by atoms with Gasteiger partial charge in [0.05, 0.1) is 5.69 Å². The highest BCUT2D eigenvalue weighted by Crippen LogP contribution is 2.38. The normalized spacial score (nSPS) is 10.3. The number of hydrogen-bond donors (Lipinski definition) is 0. The summed E-state index contributed by atoms with van der Waals surface area (Å²) in [5.41, 5.74) is 0.301. The van der Waals surface area contributed by atoms with Gasteiger partial charge >= 0.3 is 0 Å². The van der Waals surface area contributed by atoms with E-state index < -0.39 is 5.82 Å². The van der Waals surface area contributed by atoms with Gasteiger partial charge in [-0.2, -0.15) is 4.99 Å². The summed E-state index contributed by atoms with van der Waals surface area (Å²) in [6.45, 7) is 0. The molecule has 0 spiro atoms. The standard InChI is InChI=1S/C17H10FNOS/c18-14-8-4-7-13-16(21-12-5-2-1-3-6-12)10-9-15(17(13)14)19-11-20/h1-10H. The van der Waals surface area contributed by atoms with Crippen molar-refractivity contribution < 1.29 is 9.18 Å². The Morgan fingerprint density at radius 2 is 1.76 bits per heavy atom. The number of carbonyl (C=O) groups excluding carboxylic acids is 1. The van der Waals surface area contributed by atoms with Crippen LogP contribution in [0, 0.1) is 5.82 Å². The third-order valence-corrected chi connectivity index (χ3v) is 4.15. The number of isocyanates is 1. The predicted octanol–water partition coefficient (Wildman–Crippen LogP) is 5.10. The van der Waals surface area contributed by atoms with E-state index in [0.29, 0.717) is 11.1 Å². The third-order valence-electron chi connectivity index (χ3n) is 3.06. The highest BCUT2D eigenvalue weighted by Gasteiger charge is 2.10. The highest BCUT2D eigenvalue weighted by atomic mass is 32.2. The lowest BCUT2D eigenvalue weighted by Crippen LogP contribution is -1.84. The zero-order chi connectivity index (χ0) is 14.7. The van der Waals surface area contributed by atoms with Crippen molar-refractivity contribution in [2.75, 3.05) is 0 Å². The molecule has 0 unspecified atom stereocenters. The summed E-state index contributed by atoms with van der Waals surface area (Å²) >= 11 is 1.55. The number of aliphatic imine (C=N–C) groups is 1. The van der Waals surface area contributed by atoms with Gasteiger partial charge in [-0.1, -0.05) is 42.1 Å². The van der Waals surface area contributed by atoms with Crippen molar-refractivity contribution in [1.29, 1.82) is 0 Å². The number of rotatable bonds is 3. The zero-order valence-corrected chi connectivity index (χ0v) is 11.7. The van der Waals surface area contributed by atoms with Gasteiger partial charge in [0.15, 0.2) is 0 Å². The van der Waals surface area contributed by atoms with Gasteiger partial charge < -0.3 is 0 Å². The van der Waals surface area contributed by atoms with Gasteiger partial charge in [-0.3, -0.25) is 0 Å². The summed E-state index contributed by atoms with van der Waals surface area (Å²) in [7, 11) is 0. The van der Waals surface area contributed by atoms with Crippen molar-refractivity contribution in [3.63, 3.8) is 0 Å². The minimum Gasteiger partial charge on any atom is -0.211 e. The van der Waals surface area contributed by atoms with Crippen LogP contribution >= 0.6 is 11.8 Å². The van der Waals surface area contributed by atoms with Crippen LogP contribution in [0.4, 0.5) is 10.1 Å². The molecule has 0 bridgehead atoms. The summed E-state index contributed by atoms with van der Waals surface area (Å²) in [5.74, 6) is -0.392. The van der Waals surface area contributed by atoms with E-state index >= 15 is 0 Å². The Hall–Kier alpha value is -2.42. The van der Waals surface area contributed by atoms with E-state index in [-0.39, 0.29) is 0 Å². The molecule has 0 aliphatic heterocycles. The molecule has 0 aliphatic carbocycles. The largest absolute Gasteiger partial charge is 0.240 e. The van der Waals surface area contributed by atoms with Gasteiger partial charge in [-0.05, 0) is 30.3 Å². The molecule has 102 valence electrons. The summed E-state index contributed by atoms with van der Waals surface area (Å²) < 4.78 is 14.1. The average molecular weight is 295 g/mol. The van der Waals surface area contributed by atoms with Crippen LogP contribution in [0.5, 0.6) is 0 Å². The third kappa shape index (κ3) is 2.72. The topological polar surface area (TPSA) is 29.4 Å². The molecule has 0 aliphatic rings. The second-order valence-electron chi connectivity index (χ2n) is 4.36. The first-order chi connectivity index (χ1) is 10.3. The molecule has 0 radical (unpaired) electrons. The molecule has 0 atom stereocenters. The molecule has 0 N–H and O–H groups in total. The molecule has 21 heavy (non-hydrogen) atoms. The Labute approximate surface area is 125 Å². The van der Waals surface area contributed by atoms with Crippen LogP contribution in [0.3, 0.4) is 0 Å². The van der Waals surface area contributed by atoms with E-state index in [1.807, 2.05) is 42.5 Å². The zero-order valence-electron chi connectivity index (χ0n) is 10.9. The molecule has 2 nitrogen and oxygen atoms in total. The van der Waals surface area contributed by atoms with Crippen molar-refractivity contribution >= 4 is 34.3 Å². The SMILES string of the molecule is O=C=Nc1ccc(Sc2ccccc2)c2cccc(F)c12. The smallest absolute Gasteiger partial charge is 0.211 e. The molecule has 4 heteroatoms. The maximum absolute atomic E-state index is 14.1. The Kier molecular flexibility index (Phi) is 3.82. The Bertz CT molecular complexity index is 842. The fourth-order valence-corrected chi connectivity index (χ4v) is 3.13. The highest BCUT2D eigenvalue weighted by molar-refractivity contribution is 7.99. The van der Waals surface area contributed by atoms with Crippen molar-refractivity contribution in [1.82, 2.24) is 0 Å². The Morgan fingerprint density at radius 3 is 2.52 bits per heavy atom. The number of benzene rings is 3. The van der Waals surface area contributed by atoms with Crippen LogP contribution in [0.25, 0.3) is 10.8 Å². The fourth-order valence-electron chi connectivity index (χ4n) is 2.16. The first kappa shape index (κ1) is 13.6. The first-order valence-electron chi connectivity index (χ1n) is 6.31. The van der Waals surface area contributed by atoms with E-state index in [1.165, 1.54) is 12.1 Å². The lowest BCUT2D eigenvalue weighted by Gasteiger charge is -2.08. The van der Waals surface area contributed by atoms with Crippen LogP contribution in [-0.2, 0) is 4.79 Å². The molecule has 3 aromatic carbocycles.